The monoisotopic (exact) mass is 242 g/mol. The van der Waals surface area contributed by atoms with Gasteiger partial charge in [0.05, 0.1) is 0 Å². The number of likely N-dealkylation sites (tertiary alicyclic amines) is 1. The summed E-state index contributed by atoms with van der Waals surface area (Å²) in [4.78, 5) is 13.5. The molecule has 0 aliphatic carbocycles. The summed E-state index contributed by atoms with van der Waals surface area (Å²) in [6.07, 6.45) is 5.21. The Morgan fingerprint density at radius 3 is 2.94 bits per heavy atom. The molecule has 1 aliphatic rings. The third-order valence-corrected chi connectivity index (χ3v) is 3.60. The van der Waals surface area contributed by atoms with Crippen LogP contribution in [0.5, 0.6) is 0 Å². The van der Waals surface area contributed by atoms with Crippen LogP contribution in [-0.2, 0) is 4.79 Å². The van der Waals surface area contributed by atoms with Crippen molar-refractivity contribution in [2.24, 2.45) is 5.92 Å². The zero-order valence-corrected chi connectivity index (χ0v) is 11.1. The van der Waals surface area contributed by atoms with Crippen molar-refractivity contribution in [2.75, 3.05) is 26.7 Å². The van der Waals surface area contributed by atoms with Gasteiger partial charge in [-0.05, 0) is 45.3 Å². The number of carbonyl (C=O) groups is 1. The van der Waals surface area contributed by atoms with Crippen LogP contribution in [0, 0.1) is 5.92 Å². The fraction of sp³-hybridized carbons (Fsp3) is 0.923. The van der Waals surface area contributed by atoms with Crippen LogP contribution in [0.15, 0.2) is 0 Å². The molecule has 0 aromatic heterocycles. The molecule has 1 fully saturated rings. The van der Waals surface area contributed by atoms with E-state index in [1.165, 1.54) is 6.42 Å². The topological polar surface area (TPSA) is 52.6 Å². The fourth-order valence-corrected chi connectivity index (χ4v) is 2.70. The Hall–Kier alpha value is -0.610. The SMILES string of the molecule is CCCCC(C(=O)O)N1CCCC(CNC)C1. The van der Waals surface area contributed by atoms with Crippen molar-refractivity contribution in [3.05, 3.63) is 0 Å². The summed E-state index contributed by atoms with van der Waals surface area (Å²) < 4.78 is 0. The van der Waals surface area contributed by atoms with E-state index in [-0.39, 0.29) is 6.04 Å². The quantitative estimate of drug-likeness (QED) is 0.711. The molecule has 4 heteroatoms. The summed E-state index contributed by atoms with van der Waals surface area (Å²) in [5.74, 6) is -0.0409. The number of nitrogens with one attached hydrogen (secondary N) is 1. The molecule has 1 saturated heterocycles. The van der Waals surface area contributed by atoms with Gasteiger partial charge in [-0.25, -0.2) is 0 Å². The minimum absolute atomic E-state index is 0.269. The van der Waals surface area contributed by atoms with Crippen molar-refractivity contribution >= 4 is 5.97 Å². The van der Waals surface area contributed by atoms with Gasteiger partial charge >= 0.3 is 5.97 Å². The predicted molar refractivity (Wildman–Crippen MR) is 69.2 cm³/mol. The second-order valence-corrected chi connectivity index (χ2v) is 5.06. The van der Waals surface area contributed by atoms with E-state index in [1.54, 1.807) is 0 Å². The van der Waals surface area contributed by atoms with E-state index >= 15 is 0 Å². The highest BCUT2D eigenvalue weighted by Gasteiger charge is 2.29. The summed E-state index contributed by atoms with van der Waals surface area (Å²) in [6, 6.07) is -0.269. The van der Waals surface area contributed by atoms with Gasteiger partial charge in [-0.3, -0.25) is 9.69 Å². The van der Waals surface area contributed by atoms with Crippen molar-refractivity contribution in [3.63, 3.8) is 0 Å². The minimum Gasteiger partial charge on any atom is -0.480 e. The Bertz CT molecular complexity index is 231. The molecule has 0 bridgehead atoms. The highest BCUT2D eigenvalue weighted by molar-refractivity contribution is 5.73. The molecule has 2 atom stereocenters. The summed E-state index contributed by atoms with van der Waals surface area (Å²) in [5.41, 5.74) is 0. The van der Waals surface area contributed by atoms with Crippen LogP contribution in [-0.4, -0.2) is 48.7 Å². The number of carboxylic acid groups (broad SMARTS) is 1. The van der Waals surface area contributed by atoms with Gasteiger partial charge in [0.25, 0.3) is 0 Å². The summed E-state index contributed by atoms with van der Waals surface area (Å²) in [7, 11) is 1.96. The normalized spacial score (nSPS) is 23.5. The van der Waals surface area contributed by atoms with Crippen LogP contribution < -0.4 is 5.32 Å². The number of rotatable bonds is 7. The van der Waals surface area contributed by atoms with Gasteiger partial charge in [-0.15, -0.1) is 0 Å². The molecule has 1 heterocycles. The minimum atomic E-state index is -0.649. The first-order chi connectivity index (χ1) is 8.19. The number of nitrogens with zero attached hydrogens (tertiary/aromatic N) is 1. The number of piperidine rings is 1. The third-order valence-electron chi connectivity index (χ3n) is 3.60. The molecule has 2 N–H and O–H groups in total. The molecule has 0 aromatic carbocycles. The number of hydrogen-bond donors (Lipinski definition) is 2. The lowest BCUT2D eigenvalue weighted by molar-refractivity contribution is -0.144. The van der Waals surface area contributed by atoms with Crippen molar-refractivity contribution < 1.29 is 9.90 Å². The second-order valence-electron chi connectivity index (χ2n) is 5.06. The van der Waals surface area contributed by atoms with Crippen LogP contribution in [0.4, 0.5) is 0 Å². The van der Waals surface area contributed by atoms with E-state index in [0.29, 0.717) is 5.92 Å². The third kappa shape index (κ3) is 4.64. The van der Waals surface area contributed by atoms with Gasteiger partial charge in [0, 0.05) is 6.54 Å². The molecule has 4 nitrogen and oxygen atoms in total. The van der Waals surface area contributed by atoms with Crippen LogP contribution in [0.25, 0.3) is 0 Å². The smallest absolute Gasteiger partial charge is 0.320 e. The van der Waals surface area contributed by atoms with Gasteiger partial charge in [0.15, 0.2) is 0 Å². The summed E-state index contributed by atoms with van der Waals surface area (Å²) >= 11 is 0. The molecular weight excluding hydrogens is 216 g/mol. The number of carboxylic acids is 1. The van der Waals surface area contributed by atoms with Gasteiger partial charge < -0.3 is 10.4 Å². The maximum absolute atomic E-state index is 11.3. The first-order valence-electron chi connectivity index (χ1n) is 6.80. The van der Waals surface area contributed by atoms with E-state index < -0.39 is 5.97 Å². The number of aliphatic carboxylic acids is 1. The van der Waals surface area contributed by atoms with E-state index in [0.717, 1.165) is 45.3 Å². The van der Waals surface area contributed by atoms with Crippen molar-refractivity contribution in [3.8, 4) is 0 Å². The standard InChI is InChI=1S/C13H26N2O2/c1-3-4-7-12(13(16)17)15-8-5-6-11(10-15)9-14-2/h11-12,14H,3-10H2,1-2H3,(H,16,17). The zero-order chi connectivity index (χ0) is 12.7. The zero-order valence-electron chi connectivity index (χ0n) is 11.1. The fourth-order valence-electron chi connectivity index (χ4n) is 2.70. The van der Waals surface area contributed by atoms with E-state index in [1.807, 2.05) is 7.05 Å². The number of unbranched alkanes of at least 4 members (excludes halogenated alkanes) is 1. The van der Waals surface area contributed by atoms with Crippen molar-refractivity contribution in [1.29, 1.82) is 0 Å². The van der Waals surface area contributed by atoms with Gasteiger partial charge in [-0.2, -0.15) is 0 Å². The average molecular weight is 242 g/mol. The molecule has 0 aromatic rings. The van der Waals surface area contributed by atoms with Gasteiger partial charge in [-0.1, -0.05) is 19.8 Å². The van der Waals surface area contributed by atoms with Crippen LogP contribution in [0.1, 0.15) is 39.0 Å². The van der Waals surface area contributed by atoms with E-state index in [9.17, 15) is 9.90 Å². The van der Waals surface area contributed by atoms with Gasteiger partial charge in [0.1, 0.15) is 6.04 Å². The Kier molecular flexibility index (Phi) is 6.52. The van der Waals surface area contributed by atoms with Crippen molar-refractivity contribution in [2.45, 2.75) is 45.1 Å². The first-order valence-corrected chi connectivity index (χ1v) is 6.80. The van der Waals surface area contributed by atoms with E-state index in [2.05, 4.69) is 17.1 Å². The Morgan fingerprint density at radius 2 is 2.35 bits per heavy atom. The first kappa shape index (κ1) is 14.5. The largest absolute Gasteiger partial charge is 0.480 e. The molecule has 2 unspecified atom stereocenters. The lowest BCUT2D eigenvalue weighted by Gasteiger charge is -2.36. The summed E-state index contributed by atoms with van der Waals surface area (Å²) in [6.45, 7) is 4.98. The van der Waals surface area contributed by atoms with E-state index in [4.69, 9.17) is 0 Å². The maximum Gasteiger partial charge on any atom is 0.320 e. The maximum atomic E-state index is 11.3. The molecule has 1 rings (SSSR count). The molecule has 0 saturated carbocycles. The van der Waals surface area contributed by atoms with Crippen LogP contribution in [0.3, 0.4) is 0 Å². The highest BCUT2D eigenvalue weighted by atomic mass is 16.4. The Labute approximate surface area is 104 Å². The van der Waals surface area contributed by atoms with Crippen LogP contribution >= 0.6 is 0 Å². The highest BCUT2D eigenvalue weighted by Crippen LogP contribution is 2.20. The second kappa shape index (κ2) is 7.67. The molecule has 1 aliphatic heterocycles. The van der Waals surface area contributed by atoms with Crippen LogP contribution in [0.2, 0.25) is 0 Å². The Balaban J connectivity index is 2.51. The molecule has 100 valence electrons. The van der Waals surface area contributed by atoms with Crippen molar-refractivity contribution in [1.82, 2.24) is 10.2 Å². The Morgan fingerprint density at radius 1 is 1.59 bits per heavy atom. The molecule has 0 spiro atoms. The summed E-state index contributed by atoms with van der Waals surface area (Å²) in [5, 5.41) is 12.5. The number of hydrogen-bond acceptors (Lipinski definition) is 3. The predicted octanol–water partition coefficient (Wildman–Crippen LogP) is 1.56. The average Bonchev–Trinajstić information content (AvgIpc) is 2.30. The van der Waals surface area contributed by atoms with Gasteiger partial charge in [0.2, 0.25) is 0 Å². The lowest BCUT2D eigenvalue weighted by Crippen LogP contribution is -2.48. The molecule has 0 radical (unpaired) electrons. The molecule has 0 amide bonds. The molecule has 17 heavy (non-hydrogen) atoms. The lowest BCUT2D eigenvalue weighted by atomic mass is 9.95. The molecular formula is C13H26N2O2.